The highest BCUT2D eigenvalue weighted by Gasteiger charge is 2.26. The number of carbonyl (C=O) groups is 2. The summed E-state index contributed by atoms with van der Waals surface area (Å²) in [6.07, 6.45) is 4.01. The van der Waals surface area contributed by atoms with Gasteiger partial charge in [-0.3, -0.25) is 20.2 Å². The van der Waals surface area contributed by atoms with Gasteiger partial charge in [-0.05, 0) is 56.6 Å². The lowest BCUT2D eigenvalue weighted by Crippen LogP contribution is -2.51. The van der Waals surface area contributed by atoms with Crippen LogP contribution in [0, 0.1) is 13.8 Å². The van der Waals surface area contributed by atoms with Crippen molar-refractivity contribution in [2.75, 3.05) is 6.61 Å². The molecular weight excluding hydrogens is 314 g/mol. The Bertz CT molecular complexity index is 692. The summed E-state index contributed by atoms with van der Waals surface area (Å²) in [5.74, 6) is -0.939. The van der Waals surface area contributed by atoms with Crippen LogP contribution in [0.1, 0.15) is 29.8 Å². The van der Waals surface area contributed by atoms with E-state index in [1.807, 2.05) is 19.9 Å². The third-order valence-corrected chi connectivity index (χ3v) is 4.47. The topological polar surface area (TPSA) is 72.4 Å². The highest BCUT2D eigenvalue weighted by atomic mass is 32.1. The molecule has 1 aromatic rings. The second-order valence-corrected chi connectivity index (χ2v) is 6.28. The summed E-state index contributed by atoms with van der Waals surface area (Å²) in [6.45, 7) is 5.61. The Morgan fingerprint density at radius 2 is 2.04 bits per heavy atom. The normalized spacial score (nSPS) is 21.4. The molecule has 122 valence electrons. The largest absolute Gasteiger partial charge is 0.376 e. The van der Waals surface area contributed by atoms with E-state index in [9.17, 15) is 9.59 Å². The van der Waals surface area contributed by atoms with Crippen molar-refractivity contribution in [1.29, 1.82) is 0 Å². The Morgan fingerprint density at radius 1 is 1.35 bits per heavy atom. The minimum atomic E-state index is -0.470. The van der Waals surface area contributed by atoms with Crippen LogP contribution in [0.5, 0.6) is 0 Å². The first kappa shape index (κ1) is 15.9. The Balaban J connectivity index is 1.88. The predicted molar refractivity (Wildman–Crippen MR) is 89.7 cm³/mol. The number of carbonyl (C=O) groups excluding carboxylic acids is 2. The number of hydrogen-bond acceptors (Lipinski definition) is 4. The third kappa shape index (κ3) is 3.20. The van der Waals surface area contributed by atoms with Gasteiger partial charge in [-0.2, -0.15) is 0 Å². The fraction of sp³-hybridized carbons (Fsp3) is 0.438. The number of rotatable bonds is 3. The van der Waals surface area contributed by atoms with E-state index in [2.05, 4.69) is 15.2 Å². The molecule has 0 spiro atoms. The van der Waals surface area contributed by atoms with E-state index in [1.54, 1.807) is 6.08 Å². The molecule has 1 atom stereocenters. The fourth-order valence-corrected chi connectivity index (χ4v) is 3.19. The van der Waals surface area contributed by atoms with Gasteiger partial charge < -0.3 is 9.30 Å². The molecule has 2 fully saturated rings. The maximum absolute atomic E-state index is 11.9. The lowest BCUT2D eigenvalue weighted by atomic mass is 10.1. The van der Waals surface area contributed by atoms with Crippen molar-refractivity contribution >= 4 is 35.2 Å². The van der Waals surface area contributed by atoms with Crippen molar-refractivity contribution in [3.63, 3.8) is 0 Å². The quantitative estimate of drug-likeness (QED) is 0.495. The zero-order valence-electron chi connectivity index (χ0n) is 13.1. The molecule has 2 aliphatic rings. The number of nitrogens with one attached hydrogen (secondary N) is 2. The van der Waals surface area contributed by atoms with Gasteiger partial charge in [0, 0.05) is 24.5 Å². The zero-order valence-corrected chi connectivity index (χ0v) is 14.0. The minimum absolute atomic E-state index is 0.0426. The highest BCUT2D eigenvalue weighted by Crippen LogP contribution is 2.22. The Morgan fingerprint density at radius 3 is 2.65 bits per heavy atom. The zero-order chi connectivity index (χ0) is 16.6. The van der Waals surface area contributed by atoms with Gasteiger partial charge in [-0.1, -0.05) is 0 Å². The predicted octanol–water partition coefficient (Wildman–Crippen LogP) is 1.20. The maximum Gasteiger partial charge on any atom is 0.263 e. The molecule has 2 N–H and O–H groups in total. The lowest BCUT2D eigenvalue weighted by Gasteiger charge is -2.16. The van der Waals surface area contributed by atoms with E-state index in [1.165, 1.54) is 0 Å². The van der Waals surface area contributed by atoms with Gasteiger partial charge in [-0.25, -0.2) is 0 Å². The summed E-state index contributed by atoms with van der Waals surface area (Å²) in [4.78, 5) is 23.9. The molecule has 0 saturated carbocycles. The van der Waals surface area contributed by atoms with Gasteiger partial charge in [0.1, 0.15) is 5.57 Å². The molecule has 2 aliphatic heterocycles. The fourth-order valence-electron chi connectivity index (χ4n) is 3.01. The second kappa shape index (κ2) is 6.25. The van der Waals surface area contributed by atoms with Crippen molar-refractivity contribution in [1.82, 2.24) is 15.2 Å². The Hall–Kier alpha value is -1.99. The van der Waals surface area contributed by atoms with E-state index < -0.39 is 11.8 Å². The monoisotopic (exact) mass is 333 g/mol. The Labute approximate surface area is 139 Å². The molecule has 23 heavy (non-hydrogen) atoms. The molecule has 0 unspecified atom stereocenters. The van der Waals surface area contributed by atoms with Crippen LogP contribution >= 0.6 is 12.2 Å². The SMILES string of the molecule is Cc1cc(C=C2C(=O)NC(=S)NC2=O)c(C)n1C[C@H]1CCCO1. The molecule has 3 rings (SSSR count). The van der Waals surface area contributed by atoms with Crippen molar-refractivity contribution in [3.05, 3.63) is 28.6 Å². The Kier molecular flexibility index (Phi) is 4.32. The van der Waals surface area contributed by atoms with Gasteiger partial charge in [-0.15, -0.1) is 0 Å². The molecule has 0 bridgehead atoms. The van der Waals surface area contributed by atoms with Gasteiger partial charge >= 0.3 is 0 Å². The van der Waals surface area contributed by atoms with Crippen LogP contribution in [0.2, 0.25) is 0 Å². The average Bonchev–Trinajstić information content (AvgIpc) is 3.07. The average molecular weight is 333 g/mol. The smallest absolute Gasteiger partial charge is 0.263 e. The summed E-state index contributed by atoms with van der Waals surface area (Å²) in [7, 11) is 0. The molecule has 0 radical (unpaired) electrons. The van der Waals surface area contributed by atoms with Gasteiger partial charge in [0.05, 0.1) is 6.10 Å². The van der Waals surface area contributed by atoms with Crippen LogP contribution in [0.15, 0.2) is 11.6 Å². The maximum atomic E-state index is 11.9. The van der Waals surface area contributed by atoms with Crippen molar-refractivity contribution in [2.45, 2.75) is 39.3 Å². The molecule has 3 heterocycles. The van der Waals surface area contributed by atoms with Crippen LogP contribution in [0.3, 0.4) is 0 Å². The number of amides is 2. The summed E-state index contributed by atoms with van der Waals surface area (Å²) < 4.78 is 7.87. The first-order valence-corrected chi connectivity index (χ1v) is 8.03. The summed E-state index contributed by atoms with van der Waals surface area (Å²) in [5.41, 5.74) is 3.01. The first-order chi connectivity index (χ1) is 11.0. The second-order valence-electron chi connectivity index (χ2n) is 5.87. The number of ether oxygens (including phenoxy) is 1. The molecule has 0 aliphatic carbocycles. The number of hydrogen-bond donors (Lipinski definition) is 2. The molecule has 2 amide bonds. The number of aromatic nitrogens is 1. The van der Waals surface area contributed by atoms with Crippen molar-refractivity contribution in [3.8, 4) is 0 Å². The van der Waals surface area contributed by atoms with E-state index in [0.717, 1.165) is 42.9 Å². The van der Waals surface area contributed by atoms with E-state index in [-0.39, 0.29) is 16.8 Å². The highest BCUT2D eigenvalue weighted by molar-refractivity contribution is 7.80. The molecule has 0 aromatic carbocycles. The number of thiocarbonyl (C=S) groups is 1. The van der Waals surface area contributed by atoms with E-state index in [0.29, 0.717) is 0 Å². The van der Waals surface area contributed by atoms with Gasteiger partial charge in [0.2, 0.25) is 0 Å². The minimum Gasteiger partial charge on any atom is -0.376 e. The number of nitrogens with zero attached hydrogens (tertiary/aromatic N) is 1. The van der Waals surface area contributed by atoms with Crippen LogP contribution in [0.4, 0.5) is 0 Å². The third-order valence-electron chi connectivity index (χ3n) is 4.27. The van der Waals surface area contributed by atoms with Crippen LogP contribution in [0.25, 0.3) is 6.08 Å². The van der Waals surface area contributed by atoms with E-state index in [4.69, 9.17) is 17.0 Å². The molecule has 1 aromatic heterocycles. The van der Waals surface area contributed by atoms with Crippen LogP contribution in [-0.2, 0) is 20.9 Å². The van der Waals surface area contributed by atoms with Crippen molar-refractivity contribution < 1.29 is 14.3 Å². The molecular formula is C16H19N3O3S. The van der Waals surface area contributed by atoms with Crippen LogP contribution < -0.4 is 10.6 Å². The number of aryl methyl sites for hydroxylation is 1. The van der Waals surface area contributed by atoms with Crippen molar-refractivity contribution in [2.24, 2.45) is 0 Å². The summed E-state index contributed by atoms with van der Waals surface area (Å²) in [5, 5.41) is 4.93. The summed E-state index contributed by atoms with van der Waals surface area (Å²) in [6, 6.07) is 1.98. The standard InChI is InChI=1S/C16H19N3O3S/c1-9-6-11(7-13-14(20)17-16(23)18-15(13)21)10(2)19(9)8-12-4-3-5-22-12/h6-7,12H,3-5,8H2,1-2H3,(H2,17,18,20,21,23)/t12-/m1/s1. The van der Waals surface area contributed by atoms with Crippen LogP contribution in [-0.4, -0.2) is 34.2 Å². The first-order valence-electron chi connectivity index (χ1n) is 7.62. The molecule has 7 heteroatoms. The summed E-state index contributed by atoms with van der Waals surface area (Å²) >= 11 is 4.80. The van der Waals surface area contributed by atoms with E-state index >= 15 is 0 Å². The van der Waals surface area contributed by atoms with Gasteiger partial charge in [0.15, 0.2) is 5.11 Å². The van der Waals surface area contributed by atoms with Gasteiger partial charge in [0.25, 0.3) is 11.8 Å². The lowest BCUT2D eigenvalue weighted by molar-refractivity contribution is -0.123. The molecule has 6 nitrogen and oxygen atoms in total. The molecule has 2 saturated heterocycles.